The van der Waals surface area contributed by atoms with Crippen LogP contribution in [0.15, 0.2) is 79.3 Å². The van der Waals surface area contributed by atoms with Crippen LogP contribution < -0.4 is 19.7 Å². The predicted molar refractivity (Wildman–Crippen MR) is 163 cm³/mol. The van der Waals surface area contributed by atoms with E-state index in [-0.39, 0.29) is 6.79 Å². The Hall–Kier alpha value is -4.57. The van der Waals surface area contributed by atoms with Crippen molar-refractivity contribution in [1.82, 2.24) is 15.3 Å². The van der Waals surface area contributed by atoms with Crippen molar-refractivity contribution in [3.05, 3.63) is 102 Å². The van der Waals surface area contributed by atoms with Gasteiger partial charge in [0.05, 0.1) is 6.20 Å². The van der Waals surface area contributed by atoms with Gasteiger partial charge in [0.15, 0.2) is 11.5 Å². The lowest BCUT2D eigenvalue weighted by molar-refractivity contribution is -0.139. The minimum atomic E-state index is -1.05. The summed E-state index contributed by atoms with van der Waals surface area (Å²) in [7, 11) is 0. The van der Waals surface area contributed by atoms with Crippen molar-refractivity contribution in [2.75, 3.05) is 23.7 Å². The lowest BCUT2D eigenvalue weighted by Gasteiger charge is -2.25. The van der Waals surface area contributed by atoms with Crippen molar-refractivity contribution in [3.63, 3.8) is 0 Å². The average molecular weight is 585 g/mol. The number of benzene rings is 3. The van der Waals surface area contributed by atoms with Crippen LogP contribution in [0.2, 0.25) is 0 Å². The largest absolute Gasteiger partial charge is 0.480 e. The van der Waals surface area contributed by atoms with E-state index in [9.17, 15) is 14.7 Å². The lowest BCUT2D eigenvalue weighted by atomic mass is 9.93. The standard InChI is InChI=1S/C32H32N4O5S/c1-21-5-3-4-6-24(21)26-15-22(7-9-25(26)31(37)35-27(32(38)39)11-14-42-2)18-36(30-17-33-12-13-34-30)19-23-8-10-28-29(16-23)41-20-40-28/h3-10,12-13,15-17,27H,11,14,18-20H2,1-2H3,(H,35,37)(H,38,39). The number of hydrogen-bond donors (Lipinski definition) is 2. The fourth-order valence-corrected chi connectivity index (χ4v) is 5.34. The van der Waals surface area contributed by atoms with Gasteiger partial charge in [0.2, 0.25) is 6.79 Å². The molecule has 42 heavy (non-hydrogen) atoms. The summed E-state index contributed by atoms with van der Waals surface area (Å²) < 4.78 is 11.0. The Morgan fingerprint density at radius 2 is 1.76 bits per heavy atom. The number of ether oxygens (including phenoxy) is 2. The molecule has 1 atom stereocenters. The van der Waals surface area contributed by atoms with Gasteiger partial charge < -0.3 is 24.8 Å². The quantitative estimate of drug-likeness (QED) is 0.228. The van der Waals surface area contributed by atoms with Gasteiger partial charge in [-0.15, -0.1) is 0 Å². The van der Waals surface area contributed by atoms with Gasteiger partial charge in [0.1, 0.15) is 11.9 Å². The molecule has 10 heteroatoms. The number of aromatic nitrogens is 2. The highest BCUT2D eigenvalue weighted by Gasteiger charge is 2.23. The maximum Gasteiger partial charge on any atom is 0.326 e. The van der Waals surface area contributed by atoms with Crippen molar-refractivity contribution in [2.45, 2.75) is 32.5 Å². The Morgan fingerprint density at radius 1 is 1.00 bits per heavy atom. The van der Waals surface area contributed by atoms with Crippen LogP contribution in [0.5, 0.6) is 11.5 Å². The Morgan fingerprint density at radius 3 is 2.50 bits per heavy atom. The molecule has 1 aliphatic rings. The molecule has 3 aromatic carbocycles. The van der Waals surface area contributed by atoms with E-state index in [1.165, 1.54) is 0 Å². The third-order valence-electron chi connectivity index (χ3n) is 7.04. The summed E-state index contributed by atoms with van der Waals surface area (Å²) in [5.74, 6) is 1.30. The van der Waals surface area contributed by atoms with Gasteiger partial charge in [-0.1, -0.05) is 36.4 Å². The van der Waals surface area contributed by atoms with E-state index in [0.717, 1.165) is 33.6 Å². The first-order chi connectivity index (χ1) is 20.4. The van der Waals surface area contributed by atoms with Gasteiger partial charge in [-0.25, -0.2) is 9.78 Å². The molecule has 0 spiro atoms. The molecule has 0 fully saturated rings. The highest BCUT2D eigenvalue weighted by molar-refractivity contribution is 7.98. The van der Waals surface area contributed by atoms with Crippen LogP contribution in [-0.2, 0) is 17.9 Å². The number of carbonyl (C=O) groups is 2. The third-order valence-corrected chi connectivity index (χ3v) is 7.68. The summed E-state index contributed by atoms with van der Waals surface area (Å²) in [6, 6.07) is 18.4. The zero-order valence-corrected chi connectivity index (χ0v) is 24.3. The molecular weight excluding hydrogens is 552 g/mol. The molecule has 2 heterocycles. The maximum atomic E-state index is 13.5. The number of rotatable bonds is 12. The van der Waals surface area contributed by atoms with Gasteiger partial charge in [0, 0.05) is 31.0 Å². The van der Waals surface area contributed by atoms with E-state index in [1.807, 2.05) is 67.8 Å². The smallest absolute Gasteiger partial charge is 0.326 e. The summed E-state index contributed by atoms with van der Waals surface area (Å²) in [5, 5.41) is 12.4. The third kappa shape index (κ3) is 6.83. The van der Waals surface area contributed by atoms with E-state index in [0.29, 0.717) is 42.4 Å². The van der Waals surface area contributed by atoms with E-state index in [1.54, 1.807) is 36.4 Å². The molecule has 0 saturated carbocycles. The summed E-state index contributed by atoms with van der Waals surface area (Å²) in [4.78, 5) is 36.3. The molecule has 0 saturated heterocycles. The highest BCUT2D eigenvalue weighted by atomic mass is 32.2. The fraction of sp³-hybridized carbons (Fsp3) is 0.250. The van der Waals surface area contributed by atoms with Gasteiger partial charge in [0.25, 0.3) is 5.91 Å². The SMILES string of the molecule is CSCCC(NC(=O)c1ccc(CN(Cc2ccc3c(c2)OCO3)c2cnccn2)cc1-c1ccccc1C)C(=O)O. The number of nitrogens with zero attached hydrogens (tertiary/aromatic N) is 3. The number of amides is 1. The molecule has 1 amide bonds. The summed E-state index contributed by atoms with van der Waals surface area (Å²) in [6.45, 7) is 3.22. The predicted octanol–water partition coefficient (Wildman–Crippen LogP) is 5.32. The maximum absolute atomic E-state index is 13.5. The first-order valence-electron chi connectivity index (χ1n) is 13.5. The Labute approximate surface area is 248 Å². The molecule has 0 radical (unpaired) electrons. The van der Waals surface area contributed by atoms with E-state index in [2.05, 4.69) is 20.2 Å². The van der Waals surface area contributed by atoms with Crippen LogP contribution in [0, 0.1) is 6.92 Å². The number of carboxylic acids is 1. The normalized spacial score (nSPS) is 12.5. The molecule has 1 aliphatic heterocycles. The lowest BCUT2D eigenvalue weighted by Crippen LogP contribution is -2.41. The topological polar surface area (TPSA) is 114 Å². The Balaban J connectivity index is 1.48. The minimum Gasteiger partial charge on any atom is -0.480 e. The van der Waals surface area contributed by atoms with Crippen LogP contribution in [0.25, 0.3) is 11.1 Å². The number of anilines is 1. The summed E-state index contributed by atoms with van der Waals surface area (Å²) in [5.41, 5.74) is 5.04. The Kier molecular flexibility index (Phi) is 9.23. The molecule has 5 rings (SSSR count). The first-order valence-corrected chi connectivity index (χ1v) is 14.9. The minimum absolute atomic E-state index is 0.207. The monoisotopic (exact) mass is 584 g/mol. The molecule has 4 aromatic rings. The second kappa shape index (κ2) is 13.4. The zero-order valence-electron chi connectivity index (χ0n) is 23.4. The number of fused-ring (bicyclic) bond motifs is 1. The number of thioether (sulfide) groups is 1. The molecule has 1 unspecified atom stereocenters. The molecule has 2 N–H and O–H groups in total. The molecule has 1 aromatic heterocycles. The van der Waals surface area contributed by atoms with Crippen LogP contribution in [0.4, 0.5) is 5.82 Å². The number of aliphatic carboxylic acids is 1. The molecule has 0 aliphatic carbocycles. The number of carbonyl (C=O) groups excluding carboxylic acids is 1. The van der Waals surface area contributed by atoms with Gasteiger partial charge in [-0.05, 0) is 77.4 Å². The van der Waals surface area contributed by atoms with Crippen molar-refractivity contribution in [1.29, 1.82) is 0 Å². The number of aryl methyl sites for hydroxylation is 1. The average Bonchev–Trinajstić information content (AvgIpc) is 3.47. The highest BCUT2D eigenvalue weighted by Crippen LogP contribution is 2.34. The van der Waals surface area contributed by atoms with Gasteiger partial charge in [-0.3, -0.25) is 9.78 Å². The Bertz CT molecular complexity index is 1570. The molecule has 216 valence electrons. The van der Waals surface area contributed by atoms with Crippen molar-refractivity contribution < 1.29 is 24.2 Å². The number of hydrogen-bond acceptors (Lipinski definition) is 8. The molecule has 0 bridgehead atoms. The van der Waals surface area contributed by atoms with Crippen molar-refractivity contribution in [2.24, 2.45) is 0 Å². The fourth-order valence-electron chi connectivity index (χ4n) is 4.87. The second-order valence-corrected chi connectivity index (χ2v) is 10.9. The van der Waals surface area contributed by atoms with E-state index in [4.69, 9.17) is 9.47 Å². The van der Waals surface area contributed by atoms with Crippen molar-refractivity contribution >= 4 is 29.5 Å². The molecular formula is C32H32N4O5S. The number of nitrogens with one attached hydrogen (secondary N) is 1. The van der Waals surface area contributed by atoms with Crippen LogP contribution in [-0.4, -0.2) is 51.8 Å². The van der Waals surface area contributed by atoms with Gasteiger partial charge >= 0.3 is 5.97 Å². The van der Waals surface area contributed by atoms with E-state index < -0.39 is 17.9 Å². The van der Waals surface area contributed by atoms with Crippen LogP contribution in [0.1, 0.15) is 33.5 Å². The van der Waals surface area contributed by atoms with Gasteiger partial charge in [-0.2, -0.15) is 11.8 Å². The zero-order chi connectivity index (χ0) is 29.5. The molecule has 9 nitrogen and oxygen atoms in total. The summed E-state index contributed by atoms with van der Waals surface area (Å²) in [6.07, 6.45) is 7.26. The summed E-state index contributed by atoms with van der Waals surface area (Å²) >= 11 is 1.54. The van der Waals surface area contributed by atoms with E-state index >= 15 is 0 Å². The van der Waals surface area contributed by atoms with Crippen molar-refractivity contribution in [3.8, 4) is 22.6 Å². The first kappa shape index (κ1) is 28.9. The van der Waals surface area contributed by atoms with Crippen LogP contribution in [0.3, 0.4) is 0 Å². The number of carboxylic acid groups (broad SMARTS) is 1. The second-order valence-electron chi connectivity index (χ2n) is 9.95. The van der Waals surface area contributed by atoms with Crippen LogP contribution >= 0.6 is 11.8 Å².